The van der Waals surface area contributed by atoms with Crippen molar-refractivity contribution in [2.45, 2.75) is 6.10 Å². The van der Waals surface area contributed by atoms with Gasteiger partial charge >= 0.3 is 0 Å². The van der Waals surface area contributed by atoms with E-state index in [2.05, 4.69) is 10.4 Å². The maximum atomic E-state index is 12.3. The quantitative estimate of drug-likeness (QED) is 0.795. The fourth-order valence-electron chi connectivity index (χ4n) is 2.63. The van der Waals surface area contributed by atoms with Crippen molar-refractivity contribution in [3.63, 3.8) is 0 Å². The largest absolute Gasteiger partial charge is 0.486 e. The van der Waals surface area contributed by atoms with Crippen LogP contribution < -0.4 is 14.8 Å². The van der Waals surface area contributed by atoms with Gasteiger partial charge in [-0.3, -0.25) is 4.79 Å². The Kier molecular flexibility index (Phi) is 4.08. The minimum atomic E-state index is -0.219. The number of aromatic nitrogens is 2. The summed E-state index contributed by atoms with van der Waals surface area (Å²) in [4.78, 5) is 12.3. The zero-order chi connectivity index (χ0) is 17.1. The van der Waals surface area contributed by atoms with Crippen molar-refractivity contribution >= 4 is 5.91 Å². The molecule has 0 aliphatic carbocycles. The molecule has 1 amide bonds. The minimum Gasteiger partial charge on any atom is -0.486 e. The molecule has 0 saturated carbocycles. The zero-order valence-electron chi connectivity index (χ0n) is 13.5. The van der Waals surface area contributed by atoms with E-state index in [0.29, 0.717) is 24.5 Å². The summed E-state index contributed by atoms with van der Waals surface area (Å²) < 4.78 is 13.1. The number of benzene rings is 2. The van der Waals surface area contributed by atoms with Crippen molar-refractivity contribution in [1.82, 2.24) is 15.1 Å². The lowest BCUT2D eigenvalue weighted by Gasteiger charge is -2.26. The Morgan fingerprint density at radius 3 is 2.72 bits per heavy atom. The molecule has 126 valence electrons. The molecule has 0 fully saturated rings. The SMILES string of the molecule is O=C(NC[C@H]1COc2ccccc2O1)c1cnn(-c2ccccc2)c1. The first kappa shape index (κ1) is 15.3. The van der Waals surface area contributed by atoms with Crippen molar-refractivity contribution < 1.29 is 14.3 Å². The molecule has 0 unspecified atom stereocenters. The Morgan fingerprint density at radius 1 is 1.12 bits per heavy atom. The maximum Gasteiger partial charge on any atom is 0.254 e. The molecule has 0 bridgehead atoms. The van der Waals surface area contributed by atoms with Crippen LogP contribution in [0.5, 0.6) is 11.5 Å². The highest BCUT2D eigenvalue weighted by molar-refractivity contribution is 5.93. The van der Waals surface area contributed by atoms with Gasteiger partial charge in [0.05, 0.1) is 24.0 Å². The van der Waals surface area contributed by atoms with Gasteiger partial charge in [0.2, 0.25) is 0 Å². The second-order valence-corrected chi connectivity index (χ2v) is 5.72. The second kappa shape index (κ2) is 6.68. The topological polar surface area (TPSA) is 65.4 Å². The van der Waals surface area contributed by atoms with Crippen molar-refractivity contribution in [1.29, 1.82) is 0 Å². The fraction of sp³-hybridized carbons (Fsp3) is 0.158. The van der Waals surface area contributed by atoms with Gasteiger partial charge in [0.25, 0.3) is 5.91 Å². The normalized spacial score (nSPS) is 15.6. The molecule has 0 radical (unpaired) electrons. The van der Waals surface area contributed by atoms with Crippen LogP contribution in [0.1, 0.15) is 10.4 Å². The van der Waals surface area contributed by atoms with E-state index in [1.165, 1.54) is 0 Å². The van der Waals surface area contributed by atoms with E-state index in [-0.39, 0.29) is 12.0 Å². The number of amides is 1. The van der Waals surface area contributed by atoms with Crippen molar-refractivity contribution in [3.05, 3.63) is 72.6 Å². The molecule has 0 saturated heterocycles. The number of rotatable bonds is 4. The summed E-state index contributed by atoms with van der Waals surface area (Å²) in [5.74, 6) is 1.24. The van der Waals surface area contributed by atoms with E-state index in [1.54, 1.807) is 17.1 Å². The molecule has 1 aliphatic rings. The summed E-state index contributed by atoms with van der Waals surface area (Å²) in [6.07, 6.45) is 3.04. The third kappa shape index (κ3) is 3.33. The standard InChI is InChI=1S/C19H17N3O3/c23-19(14-10-21-22(12-14)15-6-2-1-3-7-15)20-11-16-13-24-17-8-4-5-9-18(17)25-16/h1-10,12,16H,11,13H2,(H,20,23)/t16-/m0/s1. The van der Waals surface area contributed by atoms with E-state index in [1.807, 2.05) is 54.6 Å². The Hall–Kier alpha value is -3.28. The van der Waals surface area contributed by atoms with Gasteiger partial charge in [-0.1, -0.05) is 30.3 Å². The molecule has 6 heteroatoms. The monoisotopic (exact) mass is 335 g/mol. The first-order chi connectivity index (χ1) is 12.3. The van der Waals surface area contributed by atoms with E-state index >= 15 is 0 Å². The van der Waals surface area contributed by atoms with Crippen LogP contribution in [0.4, 0.5) is 0 Å². The van der Waals surface area contributed by atoms with Crippen LogP contribution in [-0.2, 0) is 0 Å². The van der Waals surface area contributed by atoms with Crippen LogP contribution in [0.25, 0.3) is 5.69 Å². The number of hydrogen-bond acceptors (Lipinski definition) is 4. The Bertz CT molecular complexity index is 876. The minimum absolute atomic E-state index is 0.190. The number of carbonyl (C=O) groups is 1. The summed E-state index contributed by atoms with van der Waals surface area (Å²) in [5, 5.41) is 7.10. The summed E-state index contributed by atoms with van der Waals surface area (Å²) in [7, 11) is 0. The number of hydrogen-bond donors (Lipinski definition) is 1. The Morgan fingerprint density at radius 2 is 1.88 bits per heavy atom. The maximum absolute atomic E-state index is 12.3. The Labute approximate surface area is 145 Å². The lowest BCUT2D eigenvalue weighted by Crippen LogP contribution is -2.40. The van der Waals surface area contributed by atoms with E-state index < -0.39 is 0 Å². The van der Waals surface area contributed by atoms with Gasteiger partial charge in [-0.25, -0.2) is 4.68 Å². The third-order valence-corrected chi connectivity index (χ3v) is 3.92. The zero-order valence-corrected chi connectivity index (χ0v) is 13.5. The predicted octanol–water partition coefficient (Wildman–Crippen LogP) is 2.44. The molecule has 0 spiro atoms. The van der Waals surface area contributed by atoms with E-state index in [4.69, 9.17) is 9.47 Å². The molecule has 1 aromatic heterocycles. The van der Waals surface area contributed by atoms with Crippen molar-refractivity contribution in [2.24, 2.45) is 0 Å². The second-order valence-electron chi connectivity index (χ2n) is 5.72. The molecule has 2 heterocycles. The van der Waals surface area contributed by atoms with Crippen LogP contribution in [0.2, 0.25) is 0 Å². The van der Waals surface area contributed by atoms with Gasteiger partial charge in [-0.15, -0.1) is 0 Å². The lowest BCUT2D eigenvalue weighted by molar-refractivity contribution is 0.0789. The van der Waals surface area contributed by atoms with Crippen LogP contribution in [-0.4, -0.2) is 34.9 Å². The summed E-state index contributed by atoms with van der Waals surface area (Å²) in [6, 6.07) is 17.2. The van der Waals surface area contributed by atoms with Gasteiger partial charge < -0.3 is 14.8 Å². The summed E-state index contributed by atoms with van der Waals surface area (Å²) in [5.41, 5.74) is 1.41. The van der Waals surface area contributed by atoms with Gasteiger partial charge in [0.1, 0.15) is 12.7 Å². The van der Waals surface area contributed by atoms with Crippen LogP contribution in [0.3, 0.4) is 0 Å². The molecule has 2 aromatic carbocycles. The van der Waals surface area contributed by atoms with Crippen LogP contribution in [0.15, 0.2) is 67.0 Å². The smallest absolute Gasteiger partial charge is 0.254 e. The molecule has 4 rings (SSSR count). The highest BCUT2D eigenvalue weighted by Crippen LogP contribution is 2.30. The average molecular weight is 335 g/mol. The number of fused-ring (bicyclic) bond motifs is 1. The molecule has 3 aromatic rings. The highest BCUT2D eigenvalue weighted by atomic mass is 16.6. The number of nitrogens with one attached hydrogen (secondary N) is 1. The van der Waals surface area contributed by atoms with Gasteiger partial charge in [-0.05, 0) is 24.3 Å². The van der Waals surface area contributed by atoms with E-state index in [9.17, 15) is 4.79 Å². The predicted molar refractivity (Wildman–Crippen MR) is 92.3 cm³/mol. The number of carbonyl (C=O) groups excluding carboxylic acids is 1. The molecule has 1 atom stereocenters. The third-order valence-electron chi connectivity index (χ3n) is 3.92. The first-order valence-corrected chi connectivity index (χ1v) is 8.06. The summed E-state index contributed by atoms with van der Waals surface area (Å²) >= 11 is 0. The molecule has 6 nitrogen and oxygen atoms in total. The van der Waals surface area contributed by atoms with Crippen molar-refractivity contribution in [2.75, 3.05) is 13.2 Å². The molecule has 1 N–H and O–H groups in total. The highest BCUT2D eigenvalue weighted by Gasteiger charge is 2.21. The molecular formula is C19H17N3O3. The molecule has 25 heavy (non-hydrogen) atoms. The van der Waals surface area contributed by atoms with Gasteiger partial charge in [0, 0.05) is 6.20 Å². The van der Waals surface area contributed by atoms with Crippen molar-refractivity contribution in [3.8, 4) is 17.2 Å². The lowest BCUT2D eigenvalue weighted by atomic mass is 10.2. The van der Waals surface area contributed by atoms with Crippen LogP contribution >= 0.6 is 0 Å². The molecule has 1 aliphatic heterocycles. The van der Waals surface area contributed by atoms with E-state index in [0.717, 1.165) is 11.4 Å². The van der Waals surface area contributed by atoms with Gasteiger partial charge in [0.15, 0.2) is 11.5 Å². The fourth-order valence-corrected chi connectivity index (χ4v) is 2.63. The first-order valence-electron chi connectivity index (χ1n) is 8.06. The summed E-state index contributed by atoms with van der Waals surface area (Å²) in [6.45, 7) is 0.768. The van der Waals surface area contributed by atoms with Crippen LogP contribution in [0, 0.1) is 0 Å². The van der Waals surface area contributed by atoms with Gasteiger partial charge in [-0.2, -0.15) is 5.10 Å². The number of nitrogens with zero attached hydrogens (tertiary/aromatic N) is 2. The molecular weight excluding hydrogens is 318 g/mol. The number of ether oxygens (including phenoxy) is 2. The Balaban J connectivity index is 1.36. The average Bonchev–Trinajstić information content (AvgIpc) is 3.17. The number of para-hydroxylation sites is 3.